The number of hydrogen-bond donors (Lipinski definition) is 1. The van der Waals surface area contributed by atoms with E-state index >= 15 is 0 Å². The van der Waals surface area contributed by atoms with Crippen molar-refractivity contribution in [3.05, 3.63) is 23.9 Å². The van der Waals surface area contributed by atoms with Crippen molar-refractivity contribution in [2.24, 2.45) is 0 Å². The van der Waals surface area contributed by atoms with Gasteiger partial charge in [-0.2, -0.15) is 0 Å². The van der Waals surface area contributed by atoms with Crippen molar-refractivity contribution in [3.63, 3.8) is 0 Å². The van der Waals surface area contributed by atoms with E-state index in [1.807, 2.05) is 0 Å². The van der Waals surface area contributed by atoms with Crippen LogP contribution in [0.1, 0.15) is 31.0 Å². The van der Waals surface area contributed by atoms with Gasteiger partial charge in [0.1, 0.15) is 5.60 Å². The molecule has 1 aromatic heterocycles. The first kappa shape index (κ1) is 12.3. The second kappa shape index (κ2) is 4.63. The van der Waals surface area contributed by atoms with Crippen LogP contribution in [0.25, 0.3) is 0 Å². The molecule has 3 rings (SSSR count). The number of ketones is 1. The van der Waals surface area contributed by atoms with Gasteiger partial charge in [0.2, 0.25) is 5.88 Å². The van der Waals surface area contributed by atoms with Crippen molar-refractivity contribution in [1.29, 1.82) is 0 Å². The number of nitrogens with one attached hydrogen (secondary N) is 1. The predicted molar refractivity (Wildman–Crippen MR) is 59.8 cm³/mol. The molecule has 1 spiro atoms. The van der Waals surface area contributed by atoms with E-state index in [9.17, 15) is 4.79 Å². The molecule has 1 fully saturated rings. The third-order valence-corrected chi connectivity index (χ3v) is 3.38. The fraction of sp³-hybridized carbons (Fsp3) is 0.500. The topological polar surface area (TPSA) is 51.2 Å². The van der Waals surface area contributed by atoms with Gasteiger partial charge in [-0.05, 0) is 25.2 Å². The van der Waals surface area contributed by atoms with E-state index < -0.39 is 0 Å². The monoisotopic (exact) mass is 254 g/mol. The summed E-state index contributed by atoms with van der Waals surface area (Å²) in [7, 11) is 0. The van der Waals surface area contributed by atoms with E-state index in [1.165, 1.54) is 0 Å². The van der Waals surface area contributed by atoms with Gasteiger partial charge in [-0.3, -0.25) is 4.79 Å². The van der Waals surface area contributed by atoms with E-state index in [0.29, 0.717) is 17.9 Å². The number of nitrogens with zero attached hydrogens (tertiary/aromatic N) is 1. The maximum absolute atomic E-state index is 12.0. The summed E-state index contributed by atoms with van der Waals surface area (Å²) in [5, 5.41) is 3.28. The molecule has 0 unspecified atom stereocenters. The Morgan fingerprint density at radius 3 is 2.94 bits per heavy atom. The molecule has 5 heteroatoms. The van der Waals surface area contributed by atoms with Gasteiger partial charge in [-0.1, -0.05) is 0 Å². The molecule has 3 heterocycles. The Kier molecular flexibility index (Phi) is 3.35. The van der Waals surface area contributed by atoms with Crippen molar-refractivity contribution in [2.75, 3.05) is 13.1 Å². The van der Waals surface area contributed by atoms with Gasteiger partial charge < -0.3 is 22.5 Å². The zero-order valence-corrected chi connectivity index (χ0v) is 10.2. The maximum Gasteiger partial charge on any atom is 1.00 e. The number of Topliss-reactive ketones (excluding diaryl/α,β-unsaturated/α-hetero) is 1. The number of aromatic nitrogens is 1. The van der Waals surface area contributed by atoms with Crippen LogP contribution < -0.4 is 22.5 Å². The predicted octanol–water partition coefficient (Wildman–Crippen LogP) is -1.71. The number of fused-ring (bicyclic) bond motifs is 1. The lowest BCUT2D eigenvalue weighted by Crippen LogP contribution is -3.00. The van der Waals surface area contributed by atoms with E-state index in [-0.39, 0.29) is 25.2 Å². The molecule has 1 aromatic rings. The highest BCUT2D eigenvalue weighted by Gasteiger charge is 2.41. The normalized spacial score (nSPS) is 21.3. The standard InChI is InChI=1S/C12H14N2O2.ClH/c15-10-8-12(3-6-13-7-4-12)16-11-9(10)2-1-5-14-11;/h1-2,5,13H,3-4,6-8H2;1H. The molecule has 0 aliphatic carbocycles. The van der Waals surface area contributed by atoms with Crippen LogP contribution in [0.4, 0.5) is 0 Å². The first-order valence-electron chi connectivity index (χ1n) is 5.67. The number of hydrogen-bond acceptors (Lipinski definition) is 4. The first-order chi connectivity index (χ1) is 7.79. The molecule has 0 radical (unpaired) electrons. The molecule has 0 saturated carbocycles. The van der Waals surface area contributed by atoms with Crippen LogP contribution in [0.2, 0.25) is 0 Å². The van der Waals surface area contributed by atoms with Crippen molar-refractivity contribution in [1.82, 2.24) is 10.3 Å². The molecule has 0 aromatic carbocycles. The third-order valence-electron chi connectivity index (χ3n) is 3.38. The molecule has 92 valence electrons. The Morgan fingerprint density at radius 1 is 1.41 bits per heavy atom. The van der Waals surface area contributed by atoms with E-state index in [0.717, 1.165) is 25.9 Å². The van der Waals surface area contributed by atoms with Gasteiger partial charge >= 0.3 is 1.43 Å². The Labute approximate surface area is 108 Å². The van der Waals surface area contributed by atoms with Crippen molar-refractivity contribution >= 4 is 5.78 Å². The lowest BCUT2D eigenvalue weighted by Gasteiger charge is -2.40. The summed E-state index contributed by atoms with van der Waals surface area (Å²) in [5.41, 5.74) is 0.329. The molecule has 0 amide bonds. The lowest BCUT2D eigenvalue weighted by atomic mass is 9.84. The number of rotatable bonds is 0. The van der Waals surface area contributed by atoms with Crippen molar-refractivity contribution < 1.29 is 23.4 Å². The molecule has 2 aliphatic heterocycles. The van der Waals surface area contributed by atoms with Crippen LogP contribution in [0, 0.1) is 0 Å². The molecule has 17 heavy (non-hydrogen) atoms. The van der Waals surface area contributed by atoms with Gasteiger partial charge in [0.15, 0.2) is 5.78 Å². The molecular weight excluding hydrogens is 240 g/mol. The number of ether oxygens (including phenoxy) is 1. The Bertz CT molecular complexity index is 436. The van der Waals surface area contributed by atoms with Gasteiger partial charge in [-0.15, -0.1) is 0 Å². The molecule has 0 bridgehead atoms. The quantitative estimate of drug-likeness (QED) is 0.599. The number of pyridine rings is 1. The van der Waals surface area contributed by atoms with Crippen molar-refractivity contribution in [3.8, 4) is 5.88 Å². The van der Waals surface area contributed by atoms with Crippen LogP contribution in [-0.4, -0.2) is 29.5 Å². The Morgan fingerprint density at radius 2 is 2.18 bits per heavy atom. The summed E-state index contributed by atoms with van der Waals surface area (Å²) in [5.74, 6) is 0.678. The number of carbonyl (C=O) groups is 1. The van der Waals surface area contributed by atoms with E-state index in [1.54, 1.807) is 18.3 Å². The van der Waals surface area contributed by atoms with Crippen molar-refractivity contribution in [2.45, 2.75) is 24.9 Å². The average molecular weight is 255 g/mol. The average Bonchev–Trinajstić information content (AvgIpc) is 2.30. The smallest absolute Gasteiger partial charge is 1.00 e. The highest BCUT2D eigenvalue weighted by atomic mass is 35.5. The molecule has 2 aliphatic rings. The molecule has 1 saturated heterocycles. The molecule has 1 N–H and O–H groups in total. The highest BCUT2D eigenvalue weighted by molar-refractivity contribution is 5.99. The molecule has 0 atom stereocenters. The summed E-state index contributed by atoms with van der Waals surface area (Å²) in [4.78, 5) is 16.2. The van der Waals surface area contributed by atoms with Crippen LogP contribution in [0.3, 0.4) is 0 Å². The summed E-state index contributed by atoms with van der Waals surface area (Å²) in [6, 6.07) is 3.57. The number of halogens is 1. The zero-order chi connectivity index (χ0) is 11.0. The van der Waals surface area contributed by atoms with Gasteiger partial charge in [-0.25, -0.2) is 4.98 Å². The zero-order valence-electron chi connectivity index (χ0n) is 10.4. The van der Waals surface area contributed by atoms with Crippen LogP contribution in [0.5, 0.6) is 5.88 Å². The Hall–Kier alpha value is -1.13. The summed E-state index contributed by atoms with van der Waals surface area (Å²) in [6.45, 7) is 1.82. The van der Waals surface area contributed by atoms with Crippen LogP contribution in [-0.2, 0) is 0 Å². The van der Waals surface area contributed by atoms with E-state index in [2.05, 4.69) is 10.3 Å². The minimum Gasteiger partial charge on any atom is -1.00 e. The van der Waals surface area contributed by atoms with Crippen LogP contribution >= 0.6 is 0 Å². The summed E-state index contributed by atoms with van der Waals surface area (Å²) < 4.78 is 5.96. The summed E-state index contributed by atoms with van der Waals surface area (Å²) >= 11 is 0. The van der Waals surface area contributed by atoms with Gasteiger partial charge in [0, 0.05) is 19.0 Å². The number of piperidine rings is 1. The second-order valence-electron chi connectivity index (χ2n) is 4.49. The largest absolute Gasteiger partial charge is 1.00 e. The first-order valence-corrected chi connectivity index (χ1v) is 5.67. The third kappa shape index (κ3) is 2.15. The minimum absolute atomic E-state index is 0. The molecule has 4 nitrogen and oxygen atoms in total. The fourth-order valence-electron chi connectivity index (χ4n) is 2.47. The minimum atomic E-state index is -0.302. The Balaban J connectivity index is 0.000000810. The number of carbonyl (C=O) groups excluding carboxylic acids is 1. The SMILES string of the molecule is O=C1CC2(CCNCC2)Oc2ncccc21.[Cl-].[H+]. The van der Waals surface area contributed by atoms with Crippen LogP contribution in [0.15, 0.2) is 18.3 Å². The lowest BCUT2D eigenvalue weighted by molar-refractivity contribution is -0.0000604. The summed E-state index contributed by atoms with van der Waals surface area (Å²) in [6.07, 6.45) is 3.93. The second-order valence-corrected chi connectivity index (χ2v) is 4.49. The maximum atomic E-state index is 12.0. The fourth-order valence-corrected chi connectivity index (χ4v) is 2.47. The molecular formula is C12H15ClN2O2. The van der Waals surface area contributed by atoms with Gasteiger partial charge in [0.05, 0.1) is 12.0 Å². The van der Waals surface area contributed by atoms with E-state index in [4.69, 9.17) is 4.74 Å². The van der Waals surface area contributed by atoms with Gasteiger partial charge in [0.25, 0.3) is 0 Å². The highest BCUT2D eigenvalue weighted by Crippen LogP contribution is 2.36.